The van der Waals surface area contributed by atoms with Gasteiger partial charge in [0.1, 0.15) is 5.75 Å². The molecule has 1 aliphatic carbocycles. The van der Waals surface area contributed by atoms with E-state index in [1.54, 1.807) is 39.0 Å². The first kappa shape index (κ1) is 28.9. The van der Waals surface area contributed by atoms with E-state index in [2.05, 4.69) is 4.52 Å². The molecule has 0 amide bonds. The fourth-order valence-electron chi connectivity index (χ4n) is 3.93. The molecule has 1 atom stereocenters. The Kier molecular flexibility index (Phi) is 11.8. The first-order valence-electron chi connectivity index (χ1n) is 11.4. The highest BCUT2D eigenvalue weighted by molar-refractivity contribution is 7.55. The number of ether oxygens (including phenoxy) is 1. The maximum Gasteiger partial charge on any atom is 0.345 e. The molecule has 1 saturated carbocycles. The number of benzene rings is 1. The molecular weight excluding hydrogens is 447 g/mol. The predicted molar refractivity (Wildman–Crippen MR) is 126 cm³/mol. The summed E-state index contributed by atoms with van der Waals surface area (Å²) in [5.41, 5.74) is 2.46. The molecule has 0 aliphatic heterocycles. The Morgan fingerprint density at radius 1 is 1.06 bits per heavy atom. The molecule has 0 aromatic heterocycles. The van der Waals surface area contributed by atoms with Crippen molar-refractivity contribution in [3.63, 3.8) is 0 Å². The van der Waals surface area contributed by atoms with E-state index in [-0.39, 0.29) is 25.4 Å². The highest BCUT2D eigenvalue weighted by Gasteiger charge is 2.52. The number of carboxylic acids is 1. The lowest BCUT2D eigenvalue weighted by molar-refractivity contribution is -0.141. The predicted octanol–water partition coefficient (Wildman–Crippen LogP) is 5.39. The Morgan fingerprint density at radius 3 is 2.03 bits per heavy atom. The molecule has 9 heteroatoms. The minimum atomic E-state index is -4.09. The number of esters is 1. The van der Waals surface area contributed by atoms with Gasteiger partial charge in [0.15, 0.2) is 5.16 Å². The number of hydrogen-bond donors (Lipinski definition) is 3. The SMILES string of the molecule is CCOC(=O)C=C1CCC(c2ccc(O)cc2)CC1.CCOP(=O)(O)C(CC)(CC)C(=O)O. The summed E-state index contributed by atoms with van der Waals surface area (Å²) in [6.07, 6.45) is 5.80. The number of allylic oxidation sites excluding steroid dienone is 1. The van der Waals surface area contributed by atoms with Crippen LogP contribution in [0.1, 0.15) is 77.7 Å². The van der Waals surface area contributed by atoms with Crippen molar-refractivity contribution < 1.29 is 38.5 Å². The number of carbonyl (C=O) groups excluding carboxylic acids is 1. The molecular formula is C24H37O8P. The molecule has 2 rings (SSSR count). The number of rotatable bonds is 9. The summed E-state index contributed by atoms with van der Waals surface area (Å²) in [4.78, 5) is 31.9. The van der Waals surface area contributed by atoms with Gasteiger partial charge in [-0.15, -0.1) is 0 Å². The molecule has 1 unspecified atom stereocenters. The van der Waals surface area contributed by atoms with Gasteiger partial charge in [-0.2, -0.15) is 0 Å². The van der Waals surface area contributed by atoms with Crippen LogP contribution in [0.2, 0.25) is 0 Å². The van der Waals surface area contributed by atoms with Gasteiger partial charge in [-0.3, -0.25) is 9.36 Å². The zero-order valence-electron chi connectivity index (χ0n) is 20.0. The van der Waals surface area contributed by atoms with Crippen LogP contribution >= 0.6 is 7.60 Å². The van der Waals surface area contributed by atoms with Gasteiger partial charge < -0.3 is 24.4 Å². The monoisotopic (exact) mass is 484 g/mol. The quantitative estimate of drug-likeness (QED) is 0.242. The van der Waals surface area contributed by atoms with Crippen LogP contribution in [0.4, 0.5) is 0 Å². The summed E-state index contributed by atoms with van der Waals surface area (Å²) in [6, 6.07) is 7.44. The third kappa shape index (κ3) is 7.98. The molecule has 0 bridgehead atoms. The fraction of sp³-hybridized carbons (Fsp3) is 0.583. The van der Waals surface area contributed by atoms with E-state index in [1.165, 1.54) is 11.1 Å². The van der Waals surface area contributed by atoms with E-state index < -0.39 is 18.7 Å². The van der Waals surface area contributed by atoms with E-state index >= 15 is 0 Å². The van der Waals surface area contributed by atoms with E-state index in [0.717, 1.165) is 25.7 Å². The molecule has 3 N–H and O–H groups in total. The molecule has 0 spiro atoms. The molecule has 186 valence electrons. The lowest BCUT2D eigenvalue weighted by Crippen LogP contribution is -2.37. The van der Waals surface area contributed by atoms with Gasteiger partial charge in [0.25, 0.3) is 0 Å². The van der Waals surface area contributed by atoms with E-state index in [4.69, 9.17) is 9.84 Å². The summed E-state index contributed by atoms with van der Waals surface area (Å²) in [5.74, 6) is -0.662. The molecule has 1 aromatic carbocycles. The average molecular weight is 485 g/mol. The second-order valence-corrected chi connectivity index (χ2v) is 10.1. The standard InChI is InChI=1S/C16H20O3.C8H17O5P/c1-2-19-16(18)11-12-3-5-13(6-4-12)14-7-9-15(17)10-8-14;1-4-8(5-2,7(9)10)14(11,12)13-6-3/h7-11,13,17H,2-6H2,1H3;4-6H2,1-3H3,(H,9,10)(H,11,12). The van der Waals surface area contributed by atoms with Gasteiger partial charge in [0.2, 0.25) is 0 Å². The van der Waals surface area contributed by atoms with Crippen LogP contribution in [0.3, 0.4) is 0 Å². The number of aliphatic carboxylic acids is 1. The normalized spacial score (nSPS) is 17.8. The van der Waals surface area contributed by atoms with Crippen molar-refractivity contribution in [1.29, 1.82) is 0 Å². The number of hydrogen-bond acceptors (Lipinski definition) is 6. The van der Waals surface area contributed by atoms with Gasteiger partial charge in [0.05, 0.1) is 13.2 Å². The Labute approximate surface area is 196 Å². The smallest absolute Gasteiger partial charge is 0.345 e. The number of phenols is 1. The van der Waals surface area contributed by atoms with Gasteiger partial charge in [-0.05, 0) is 76.0 Å². The highest BCUT2D eigenvalue weighted by atomic mass is 31.2. The molecule has 33 heavy (non-hydrogen) atoms. The maximum absolute atomic E-state index is 11.7. The van der Waals surface area contributed by atoms with Gasteiger partial charge in [-0.25, -0.2) is 4.79 Å². The van der Waals surface area contributed by atoms with Crippen molar-refractivity contribution in [2.24, 2.45) is 0 Å². The Hall–Kier alpha value is -2.15. The molecule has 0 saturated heterocycles. The average Bonchev–Trinajstić information content (AvgIpc) is 2.76. The zero-order valence-corrected chi connectivity index (χ0v) is 20.8. The molecule has 1 aliphatic rings. The fourth-order valence-corrected chi connectivity index (χ4v) is 5.57. The molecule has 1 aromatic rings. The lowest BCUT2D eigenvalue weighted by Gasteiger charge is -2.30. The first-order valence-corrected chi connectivity index (χ1v) is 13.0. The van der Waals surface area contributed by atoms with Gasteiger partial charge in [-0.1, -0.05) is 31.6 Å². The van der Waals surface area contributed by atoms with E-state index in [9.17, 15) is 24.2 Å². The first-order chi connectivity index (χ1) is 15.6. The van der Waals surface area contributed by atoms with Crippen molar-refractivity contribution in [2.75, 3.05) is 13.2 Å². The Balaban J connectivity index is 0.000000349. The molecule has 8 nitrogen and oxygen atoms in total. The summed E-state index contributed by atoms with van der Waals surface area (Å²) in [7, 11) is -4.09. The van der Waals surface area contributed by atoms with Crippen LogP contribution in [-0.2, 0) is 23.4 Å². The van der Waals surface area contributed by atoms with Crippen molar-refractivity contribution >= 4 is 19.5 Å². The maximum atomic E-state index is 11.7. The minimum absolute atomic E-state index is 0.0306. The minimum Gasteiger partial charge on any atom is -0.508 e. The Bertz CT molecular complexity index is 833. The van der Waals surface area contributed by atoms with Crippen LogP contribution < -0.4 is 0 Å². The van der Waals surface area contributed by atoms with Crippen molar-refractivity contribution in [1.82, 2.24) is 0 Å². The summed E-state index contributed by atoms with van der Waals surface area (Å²) in [5, 5.41) is 16.6. The molecule has 0 heterocycles. The summed E-state index contributed by atoms with van der Waals surface area (Å²) < 4.78 is 21.3. The Morgan fingerprint density at radius 2 is 1.61 bits per heavy atom. The van der Waals surface area contributed by atoms with E-state index in [0.29, 0.717) is 18.3 Å². The largest absolute Gasteiger partial charge is 0.508 e. The molecule has 1 fully saturated rings. The number of carboxylic acid groups (broad SMARTS) is 1. The van der Waals surface area contributed by atoms with Crippen molar-refractivity contribution in [3.8, 4) is 5.75 Å². The zero-order chi connectivity index (χ0) is 25.1. The van der Waals surface area contributed by atoms with Crippen molar-refractivity contribution in [3.05, 3.63) is 41.5 Å². The van der Waals surface area contributed by atoms with Crippen molar-refractivity contribution in [2.45, 2.75) is 77.3 Å². The van der Waals surface area contributed by atoms with Crippen LogP contribution in [0.25, 0.3) is 0 Å². The number of aromatic hydroxyl groups is 1. The van der Waals surface area contributed by atoms with Crippen LogP contribution in [0.5, 0.6) is 5.75 Å². The lowest BCUT2D eigenvalue weighted by atomic mass is 9.81. The second-order valence-electron chi connectivity index (χ2n) is 7.90. The van der Waals surface area contributed by atoms with E-state index in [1.807, 2.05) is 19.1 Å². The van der Waals surface area contributed by atoms with Gasteiger partial charge >= 0.3 is 19.5 Å². The number of phenolic OH excluding ortho intramolecular Hbond substituents is 1. The summed E-state index contributed by atoms with van der Waals surface area (Å²) in [6.45, 7) is 6.97. The second kappa shape index (κ2) is 13.5. The highest BCUT2D eigenvalue weighted by Crippen LogP contribution is 2.58. The van der Waals surface area contributed by atoms with Crippen LogP contribution in [-0.4, -0.2) is 45.4 Å². The summed E-state index contributed by atoms with van der Waals surface area (Å²) >= 11 is 0. The number of carbonyl (C=O) groups is 2. The van der Waals surface area contributed by atoms with Gasteiger partial charge in [0, 0.05) is 6.08 Å². The third-order valence-electron chi connectivity index (χ3n) is 6.01. The third-order valence-corrected chi connectivity index (χ3v) is 8.53. The molecule has 0 radical (unpaired) electrons. The van der Waals surface area contributed by atoms with Crippen LogP contribution in [0.15, 0.2) is 35.9 Å². The topological polar surface area (TPSA) is 130 Å². The van der Waals surface area contributed by atoms with Crippen LogP contribution in [0, 0.1) is 0 Å².